The van der Waals surface area contributed by atoms with Crippen LogP contribution in [0.15, 0.2) is 24.3 Å². The molecule has 5 nitrogen and oxygen atoms in total. The molecule has 2 rings (SSSR count). The fraction of sp³-hybridized carbons (Fsp3) is 0.400. The van der Waals surface area contributed by atoms with Crippen molar-refractivity contribution in [3.05, 3.63) is 40.7 Å². The van der Waals surface area contributed by atoms with E-state index in [2.05, 4.69) is 39.3 Å². The lowest BCUT2D eigenvalue weighted by atomic mass is 10.1. The number of hydrogen-bond donors (Lipinski definition) is 1. The van der Waals surface area contributed by atoms with E-state index >= 15 is 0 Å². The van der Waals surface area contributed by atoms with E-state index in [0.717, 1.165) is 12.8 Å². The monoisotopic (exact) mass is 306 g/mol. The van der Waals surface area contributed by atoms with Crippen molar-refractivity contribution in [1.82, 2.24) is 15.0 Å². The van der Waals surface area contributed by atoms with Gasteiger partial charge in [-0.15, -0.1) is 0 Å². The number of nitrogens with one attached hydrogen (secondary N) is 1. The van der Waals surface area contributed by atoms with E-state index in [1.165, 1.54) is 11.1 Å². The minimum atomic E-state index is 0.127. The van der Waals surface area contributed by atoms with E-state index < -0.39 is 0 Å². The van der Waals surface area contributed by atoms with E-state index in [1.54, 1.807) is 0 Å². The molecule has 0 aliphatic rings. The molecule has 1 aromatic carbocycles. The van der Waals surface area contributed by atoms with Crippen LogP contribution in [0.25, 0.3) is 0 Å². The molecule has 21 heavy (non-hydrogen) atoms. The van der Waals surface area contributed by atoms with Gasteiger partial charge in [0.1, 0.15) is 0 Å². The lowest BCUT2D eigenvalue weighted by molar-refractivity contribution is 0.291. The number of halogens is 1. The van der Waals surface area contributed by atoms with Crippen LogP contribution in [-0.2, 0) is 13.0 Å². The molecule has 2 aromatic rings. The third kappa shape index (κ3) is 4.56. The summed E-state index contributed by atoms with van der Waals surface area (Å²) >= 11 is 5.89. The Kier molecular flexibility index (Phi) is 5.75. The number of hydrogen-bond acceptors (Lipinski definition) is 5. The zero-order chi connectivity index (χ0) is 15.1. The first-order chi connectivity index (χ1) is 10.2. The number of benzene rings is 1. The number of rotatable bonds is 7. The van der Waals surface area contributed by atoms with E-state index in [4.69, 9.17) is 16.3 Å². The highest BCUT2D eigenvalue weighted by molar-refractivity contribution is 6.28. The number of aromatic nitrogens is 3. The SMILES string of the molecule is CCCOc1nc(Cl)nc(NCc2ccccc2CC)n1. The summed E-state index contributed by atoms with van der Waals surface area (Å²) in [5.41, 5.74) is 2.51. The van der Waals surface area contributed by atoms with Crippen molar-refractivity contribution in [2.24, 2.45) is 0 Å². The van der Waals surface area contributed by atoms with Crippen molar-refractivity contribution in [3.63, 3.8) is 0 Å². The molecular weight excluding hydrogens is 288 g/mol. The Bertz CT molecular complexity index is 592. The summed E-state index contributed by atoms with van der Waals surface area (Å²) in [5, 5.41) is 3.29. The summed E-state index contributed by atoms with van der Waals surface area (Å²) in [6.07, 6.45) is 1.87. The van der Waals surface area contributed by atoms with Gasteiger partial charge in [0.15, 0.2) is 0 Å². The molecule has 0 saturated heterocycles. The largest absolute Gasteiger partial charge is 0.463 e. The average Bonchev–Trinajstić information content (AvgIpc) is 2.50. The highest BCUT2D eigenvalue weighted by Crippen LogP contribution is 2.14. The second-order valence-electron chi connectivity index (χ2n) is 4.53. The first-order valence-electron chi connectivity index (χ1n) is 7.08. The van der Waals surface area contributed by atoms with Gasteiger partial charge in [-0.25, -0.2) is 0 Å². The molecule has 1 N–H and O–H groups in total. The van der Waals surface area contributed by atoms with Crippen LogP contribution in [0.3, 0.4) is 0 Å². The second kappa shape index (κ2) is 7.78. The van der Waals surface area contributed by atoms with Gasteiger partial charge < -0.3 is 10.1 Å². The molecule has 0 bridgehead atoms. The highest BCUT2D eigenvalue weighted by Gasteiger charge is 2.07. The lowest BCUT2D eigenvalue weighted by Crippen LogP contribution is -2.08. The molecule has 6 heteroatoms. The lowest BCUT2D eigenvalue weighted by Gasteiger charge is -2.10. The molecule has 0 atom stereocenters. The number of aryl methyl sites for hydroxylation is 1. The van der Waals surface area contributed by atoms with Gasteiger partial charge in [-0.05, 0) is 35.6 Å². The Morgan fingerprint density at radius 3 is 2.57 bits per heavy atom. The Morgan fingerprint density at radius 2 is 1.86 bits per heavy atom. The summed E-state index contributed by atoms with van der Waals surface area (Å²) in [7, 11) is 0. The minimum Gasteiger partial charge on any atom is -0.463 e. The van der Waals surface area contributed by atoms with Crippen molar-refractivity contribution < 1.29 is 4.74 Å². The third-order valence-corrected chi connectivity index (χ3v) is 3.13. The summed E-state index contributed by atoms with van der Waals surface area (Å²) in [5.74, 6) is 0.423. The molecule has 0 unspecified atom stereocenters. The molecule has 0 aliphatic carbocycles. The molecule has 0 fully saturated rings. The molecule has 0 amide bonds. The Morgan fingerprint density at radius 1 is 1.10 bits per heavy atom. The number of anilines is 1. The van der Waals surface area contributed by atoms with Gasteiger partial charge in [0.25, 0.3) is 0 Å². The van der Waals surface area contributed by atoms with Crippen LogP contribution in [0.1, 0.15) is 31.4 Å². The molecular formula is C15H19ClN4O. The highest BCUT2D eigenvalue weighted by atomic mass is 35.5. The predicted octanol–water partition coefficient (Wildman–Crippen LogP) is 3.49. The summed E-state index contributed by atoms with van der Waals surface area (Å²) in [6.45, 7) is 5.34. The number of ether oxygens (including phenoxy) is 1. The van der Waals surface area contributed by atoms with Gasteiger partial charge in [0, 0.05) is 6.54 Å². The van der Waals surface area contributed by atoms with Gasteiger partial charge >= 0.3 is 6.01 Å². The maximum Gasteiger partial charge on any atom is 0.322 e. The second-order valence-corrected chi connectivity index (χ2v) is 4.87. The van der Waals surface area contributed by atoms with Crippen LogP contribution in [0.5, 0.6) is 6.01 Å². The van der Waals surface area contributed by atoms with E-state index in [9.17, 15) is 0 Å². The quantitative estimate of drug-likeness (QED) is 0.848. The van der Waals surface area contributed by atoms with Crippen LogP contribution in [-0.4, -0.2) is 21.6 Å². The molecule has 1 heterocycles. The summed E-state index contributed by atoms with van der Waals surface area (Å²) in [6, 6.07) is 8.52. The van der Waals surface area contributed by atoms with Crippen LogP contribution in [0.2, 0.25) is 5.28 Å². The molecule has 0 radical (unpaired) electrons. The van der Waals surface area contributed by atoms with E-state index in [-0.39, 0.29) is 11.3 Å². The van der Waals surface area contributed by atoms with E-state index in [0.29, 0.717) is 19.1 Å². The van der Waals surface area contributed by atoms with Crippen molar-refractivity contribution in [3.8, 4) is 6.01 Å². The third-order valence-electron chi connectivity index (χ3n) is 2.96. The maximum absolute atomic E-state index is 5.89. The van der Waals surface area contributed by atoms with Gasteiger partial charge in [-0.3, -0.25) is 0 Å². The Balaban J connectivity index is 2.07. The average molecular weight is 307 g/mol. The van der Waals surface area contributed by atoms with Crippen LogP contribution >= 0.6 is 11.6 Å². The number of nitrogens with zero attached hydrogens (tertiary/aromatic N) is 3. The van der Waals surface area contributed by atoms with Crippen LogP contribution < -0.4 is 10.1 Å². The predicted molar refractivity (Wildman–Crippen MR) is 83.8 cm³/mol. The molecule has 0 aliphatic heterocycles. The van der Waals surface area contributed by atoms with E-state index in [1.807, 2.05) is 19.1 Å². The Labute approximate surface area is 129 Å². The van der Waals surface area contributed by atoms with Crippen molar-refractivity contribution in [1.29, 1.82) is 0 Å². The van der Waals surface area contributed by atoms with Crippen LogP contribution in [0.4, 0.5) is 5.95 Å². The molecule has 0 spiro atoms. The zero-order valence-corrected chi connectivity index (χ0v) is 13.0. The smallest absolute Gasteiger partial charge is 0.322 e. The minimum absolute atomic E-state index is 0.127. The first kappa shape index (κ1) is 15.5. The van der Waals surface area contributed by atoms with Gasteiger partial charge in [0.2, 0.25) is 11.2 Å². The topological polar surface area (TPSA) is 59.9 Å². The van der Waals surface area contributed by atoms with Gasteiger partial charge in [-0.2, -0.15) is 15.0 Å². The normalized spacial score (nSPS) is 10.4. The maximum atomic E-state index is 5.89. The Hall–Kier alpha value is -1.88. The van der Waals surface area contributed by atoms with Crippen molar-refractivity contribution in [2.75, 3.05) is 11.9 Å². The summed E-state index contributed by atoms with van der Waals surface area (Å²) in [4.78, 5) is 12.2. The molecule has 1 aromatic heterocycles. The standard InChI is InChI=1S/C15H19ClN4O/c1-3-9-21-15-19-13(16)18-14(20-15)17-10-12-8-6-5-7-11(12)4-2/h5-8H,3-4,9-10H2,1-2H3,(H,17,18,19,20). The van der Waals surface area contributed by atoms with Gasteiger partial charge in [0.05, 0.1) is 6.61 Å². The summed E-state index contributed by atoms with van der Waals surface area (Å²) < 4.78 is 5.39. The van der Waals surface area contributed by atoms with Crippen molar-refractivity contribution >= 4 is 17.5 Å². The zero-order valence-electron chi connectivity index (χ0n) is 12.3. The molecule has 112 valence electrons. The van der Waals surface area contributed by atoms with Crippen molar-refractivity contribution in [2.45, 2.75) is 33.2 Å². The fourth-order valence-electron chi connectivity index (χ4n) is 1.92. The molecule has 0 saturated carbocycles. The first-order valence-corrected chi connectivity index (χ1v) is 7.45. The van der Waals surface area contributed by atoms with Crippen LogP contribution in [0, 0.1) is 0 Å². The van der Waals surface area contributed by atoms with Gasteiger partial charge in [-0.1, -0.05) is 38.1 Å². The fourth-order valence-corrected chi connectivity index (χ4v) is 2.07.